The van der Waals surface area contributed by atoms with Gasteiger partial charge in [-0.25, -0.2) is 13.2 Å². The molecule has 0 bridgehead atoms. The molecule has 9 heteroatoms. The molecular formula is C48H21F3N6. The van der Waals surface area contributed by atoms with Crippen molar-refractivity contribution in [1.29, 1.82) is 31.6 Å². The van der Waals surface area contributed by atoms with Crippen LogP contribution in [0.2, 0.25) is 0 Å². The molecule has 0 heterocycles. The summed E-state index contributed by atoms with van der Waals surface area (Å²) < 4.78 is 46.6. The van der Waals surface area contributed by atoms with Gasteiger partial charge in [-0.2, -0.15) is 31.6 Å². The highest BCUT2D eigenvalue weighted by Crippen LogP contribution is 2.38. The van der Waals surface area contributed by atoms with E-state index in [1.807, 2.05) is 54.6 Å². The lowest BCUT2D eigenvalue weighted by Gasteiger charge is -2.15. The monoisotopic (exact) mass is 738 g/mol. The molecule has 7 aromatic rings. The minimum atomic E-state index is -0.767. The fraction of sp³-hybridized carbons (Fsp3) is 0. The van der Waals surface area contributed by atoms with Crippen molar-refractivity contribution < 1.29 is 13.2 Å². The van der Waals surface area contributed by atoms with Crippen LogP contribution in [-0.2, 0) is 0 Å². The molecular weight excluding hydrogens is 718 g/mol. The van der Waals surface area contributed by atoms with Gasteiger partial charge in [-0.1, -0.05) is 54.6 Å². The van der Waals surface area contributed by atoms with Gasteiger partial charge in [0, 0.05) is 16.7 Å². The van der Waals surface area contributed by atoms with Gasteiger partial charge in [0.15, 0.2) is 0 Å². The summed E-state index contributed by atoms with van der Waals surface area (Å²) in [6, 6.07) is 45.5. The van der Waals surface area contributed by atoms with Crippen LogP contribution in [0.1, 0.15) is 33.4 Å². The Bertz CT molecular complexity index is 2750. The molecule has 0 aromatic heterocycles. The Morgan fingerprint density at radius 1 is 0.281 bits per heavy atom. The SMILES string of the molecule is N#Cc1cc(C#N)c(F)c(-c2cccc(-c3cc(-c4cccc(-c5cc(C#N)cc(C#N)c5F)c4)cc(-c4cccc(-c5cc(C#N)cc(C#N)c5F)c4)c3)c2)c1. The molecule has 0 aliphatic carbocycles. The predicted molar refractivity (Wildman–Crippen MR) is 207 cm³/mol. The molecule has 264 valence electrons. The maximum Gasteiger partial charge on any atom is 0.148 e. The van der Waals surface area contributed by atoms with Gasteiger partial charge in [-0.3, -0.25) is 0 Å². The van der Waals surface area contributed by atoms with E-state index in [1.165, 1.54) is 36.4 Å². The molecule has 6 nitrogen and oxygen atoms in total. The van der Waals surface area contributed by atoms with Crippen LogP contribution in [0.25, 0.3) is 66.8 Å². The molecule has 0 saturated carbocycles. The number of nitrogens with zero attached hydrogens (tertiary/aromatic N) is 6. The summed E-state index contributed by atoms with van der Waals surface area (Å²) in [6.07, 6.45) is 0. The topological polar surface area (TPSA) is 143 Å². The highest BCUT2D eigenvalue weighted by Gasteiger charge is 2.18. The van der Waals surface area contributed by atoms with Crippen LogP contribution >= 0.6 is 0 Å². The minimum absolute atomic E-state index is 0.0703. The van der Waals surface area contributed by atoms with E-state index in [4.69, 9.17) is 0 Å². The van der Waals surface area contributed by atoms with E-state index in [9.17, 15) is 31.6 Å². The van der Waals surface area contributed by atoms with Gasteiger partial charge in [-0.15, -0.1) is 0 Å². The maximum absolute atomic E-state index is 15.5. The molecule has 7 rings (SSSR count). The van der Waals surface area contributed by atoms with Gasteiger partial charge >= 0.3 is 0 Å². The minimum Gasteiger partial charge on any atom is -0.205 e. The molecule has 0 aliphatic heterocycles. The third-order valence-corrected chi connectivity index (χ3v) is 9.42. The van der Waals surface area contributed by atoms with E-state index < -0.39 is 17.5 Å². The van der Waals surface area contributed by atoms with Crippen molar-refractivity contribution in [2.45, 2.75) is 0 Å². The Balaban J connectivity index is 1.44. The van der Waals surface area contributed by atoms with E-state index in [0.717, 1.165) is 0 Å². The predicted octanol–water partition coefficient (Wildman–Crippen LogP) is 11.3. The molecule has 57 heavy (non-hydrogen) atoms. The Labute approximate surface area is 325 Å². The Hall–Kier alpha value is -8.73. The van der Waals surface area contributed by atoms with Gasteiger partial charge in [-0.05, 0) is 123 Å². The number of hydrogen-bond donors (Lipinski definition) is 0. The third-order valence-electron chi connectivity index (χ3n) is 9.42. The van der Waals surface area contributed by atoms with Gasteiger partial charge < -0.3 is 0 Å². The largest absolute Gasteiger partial charge is 0.205 e. The van der Waals surface area contributed by atoms with Crippen LogP contribution in [0.15, 0.2) is 127 Å². The third kappa shape index (κ3) is 7.04. The van der Waals surface area contributed by atoms with E-state index >= 15 is 13.2 Å². The Morgan fingerprint density at radius 3 is 0.772 bits per heavy atom. The standard InChI is InChI=1S/C48H21F3N6/c49-46-40(25-55)10-28(22-52)13-43(46)34-7-1-4-31(16-34)37-19-38(32-5-2-8-35(17-32)44-14-29(23-53)11-41(26-56)47(44)50)21-39(20-37)33-6-3-9-36(18-33)45-15-30(24-54)12-42(27-57)48(45)51/h1-21H. The van der Waals surface area contributed by atoms with E-state index in [0.29, 0.717) is 50.1 Å². The highest BCUT2D eigenvalue weighted by atomic mass is 19.1. The molecule has 0 radical (unpaired) electrons. The molecule has 0 spiro atoms. The first-order valence-corrected chi connectivity index (χ1v) is 17.1. The molecule has 0 fully saturated rings. The Kier molecular flexibility index (Phi) is 9.84. The van der Waals surface area contributed by atoms with Gasteiger partial charge in [0.25, 0.3) is 0 Å². The first-order chi connectivity index (χ1) is 27.7. The molecule has 0 aliphatic rings. The zero-order valence-electron chi connectivity index (χ0n) is 29.4. The quantitative estimate of drug-likeness (QED) is 0.166. The zero-order valence-corrected chi connectivity index (χ0v) is 29.4. The van der Waals surface area contributed by atoms with Crippen LogP contribution in [0.5, 0.6) is 0 Å². The van der Waals surface area contributed by atoms with Crippen LogP contribution in [0.4, 0.5) is 13.2 Å². The first kappa shape index (κ1) is 36.6. The average Bonchev–Trinajstić information content (AvgIpc) is 3.26. The summed E-state index contributed by atoms with van der Waals surface area (Å²) in [5.74, 6) is -2.30. The van der Waals surface area contributed by atoms with Crippen LogP contribution in [-0.4, -0.2) is 0 Å². The fourth-order valence-corrected chi connectivity index (χ4v) is 6.67. The molecule has 0 amide bonds. The van der Waals surface area contributed by atoms with E-state index in [1.54, 1.807) is 72.8 Å². The zero-order chi connectivity index (χ0) is 40.2. The number of hydrogen-bond acceptors (Lipinski definition) is 6. The average molecular weight is 739 g/mol. The second-order valence-electron chi connectivity index (χ2n) is 12.9. The van der Waals surface area contributed by atoms with Crippen LogP contribution in [0, 0.1) is 85.4 Å². The van der Waals surface area contributed by atoms with Gasteiger partial charge in [0.1, 0.15) is 35.7 Å². The fourth-order valence-electron chi connectivity index (χ4n) is 6.67. The molecule has 0 unspecified atom stereocenters. The maximum atomic E-state index is 15.5. The smallest absolute Gasteiger partial charge is 0.148 e. The molecule has 7 aromatic carbocycles. The lowest BCUT2D eigenvalue weighted by Crippen LogP contribution is -1.94. The van der Waals surface area contributed by atoms with Crippen LogP contribution in [0.3, 0.4) is 0 Å². The van der Waals surface area contributed by atoms with Crippen molar-refractivity contribution in [2.75, 3.05) is 0 Å². The summed E-state index contributed by atoms with van der Waals surface area (Å²) in [7, 11) is 0. The first-order valence-electron chi connectivity index (χ1n) is 17.1. The van der Waals surface area contributed by atoms with Crippen molar-refractivity contribution in [1.82, 2.24) is 0 Å². The normalized spacial score (nSPS) is 10.3. The second-order valence-corrected chi connectivity index (χ2v) is 12.9. The highest BCUT2D eigenvalue weighted by molar-refractivity contribution is 5.86. The van der Waals surface area contributed by atoms with Gasteiger partial charge in [0.05, 0.1) is 51.6 Å². The van der Waals surface area contributed by atoms with Crippen molar-refractivity contribution in [2.24, 2.45) is 0 Å². The number of rotatable bonds is 6. The summed E-state index contributed by atoms with van der Waals surface area (Å²) in [5, 5.41) is 57.3. The molecule has 0 N–H and O–H groups in total. The van der Waals surface area contributed by atoms with Crippen molar-refractivity contribution in [3.8, 4) is 103 Å². The number of benzene rings is 7. The number of nitriles is 6. The van der Waals surface area contributed by atoms with Crippen molar-refractivity contribution in [3.63, 3.8) is 0 Å². The summed E-state index contributed by atoms with van der Waals surface area (Å²) in [6.45, 7) is 0. The second kappa shape index (κ2) is 15.3. The summed E-state index contributed by atoms with van der Waals surface area (Å²) >= 11 is 0. The van der Waals surface area contributed by atoms with E-state index in [-0.39, 0.29) is 50.1 Å². The van der Waals surface area contributed by atoms with Crippen molar-refractivity contribution >= 4 is 0 Å². The van der Waals surface area contributed by atoms with Gasteiger partial charge in [0.2, 0.25) is 0 Å². The molecule has 0 saturated heterocycles. The van der Waals surface area contributed by atoms with E-state index in [2.05, 4.69) is 0 Å². The summed E-state index contributed by atoms with van der Waals surface area (Å²) in [5.41, 5.74) is 4.90. The van der Waals surface area contributed by atoms with Crippen LogP contribution < -0.4 is 0 Å². The molecule has 0 atom stereocenters. The lowest BCUT2D eigenvalue weighted by atomic mass is 9.89. The lowest BCUT2D eigenvalue weighted by molar-refractivity contribution is 0.627. The Morgan fingerprint density at radius 2 is 0.526 bits per heavy atom. The summed E-state index contributed by atoms with van der Waals surface area (Å²) in [4.78, 5) is 0. The van der Waals surface area contributed by atoms with Crippen molar-refractivity contribution in [3.05, 3.63) is 178 Å². The number of halogens is 3.